The molecule has 5 heteroatoms. The number of aromatic nitrogens is 3. The van der Waals surface area contributed by atoms with Gasteiger partial charge in [0.25, 0.3) is 0 Å². The fraction of sp³-hybridized carbons (Fsp3) is 0.235. The summed E-state index contributed by atoms with van der Waals surface area (Å²) in [7, 11) is 0. The van der Waals surface area contributed by atoms with E-state index < -0.39 is 0 Å². The standard InChI is InChI=1S/C17H15ClN4/c1-12-9-15-17(20-11-12)22(8-2-7-19)16(21-15)10-13-3-5-14(18)6-4-13/h3-6,9,11H,2,8,10H2,1H3. The van der Waals surface area contributed by atoms with Gasteiger partial charge >= 0.3 is 0 Å². The Hall–Kier alpha value is -2.38. The van der Waals surface area contributed by atoms with Gasteiger partial charge in [-0.25, -0.2) is 9.97 Å². The number of pyridine rings is 1. The highest BCUT2D eigenvalue weighted by molar-refractivity contribution is 6.30. The molecule has 2 aromatic heterocycles. The Morgan fingerprint density at radius 2 is 2.05 bits per heavy atom. The molecule has 3 aromatic rings. The average molecular weight is 311 g/mol. The molecule has 0 saturated heterocycles. The monoisotopic (exact) mass is 310 g/mol. The van der Waals surface area contributed by atoms with Crippen molar-refractivity contribution in [1.29, 1.82) is 5.26 Å². The molecule has 0 aliphatic heterocycles. The normalized spacial score (nSPS) is 10.8. The summed E-state index contributed by atoms with van der Waals surface area (Å²) in [5, 5.41) is 9.59. The van der Waals surface area contributed by atoms with Crippen molar-refractivity contribution in [1.82, 2.24) is 14.5 Å². The van der Waals surface area contributed by atoms with E-state index in [1.165, 1.54) is 0 Å². The number of aryl methyl sites for hydroxylation is 2. The predicted octanol–water partition coefficient (Wildman–Crippen LogP) is 3.90. The van der Waals surface area contributed by atoms with E-state index in [0.717, 1.165) is 33.1 Å². The molecule has 0 unspecified atom stereocenters. The molecule has 3 rings (SSSR count). The molecule has 110 valence electrons. The number of halogens is 1. The van der Waals surface area contributed by atoms with Crippen LogP contribution < -0.4 is 0 Å². The zero-order valence-corrected chi connectivity index (χ0v) is 13.0. The van der Waals surface area contributed by atoms with Crippen LogP contribution in [0.1, 0.15) is 23.4 Å². The SMILES string of the molecule is Cc1cnc2c(c1)nc(Cc1ccc(Cl)cc1)n2CCC#N. The molecule has 0 aliphatic carbocycles. The molecule has 0 fully saturated rings. The fourth-order valence-corrected chi connectivity index (χ4v) is 2.60. The summed E-state index contributed by atoms with van der Waals surface area (Å²) in [6, 6.07) is 12.0. The Bertz CT molecular complexity index is 843. The first-order valence-corrected chi connectivity index (χ1v) is 7.48. The third-order valence-corrected chi connectivity index (χ3v) is 3.78. The maximum atomic E-state index is 8.87. The van der Waals surface area contributed by atoms with Gasteiger partial charge in [0, 0.05) is 24.2 Å². The average Bonchev–Trinajstić information content (AvgIpc) is 2.83. The van der Waals surface area contributed by atoms with Crippen LogP contribution in [0.3, 0.4) is 0 Å². The molecule has 1 aromatic carbocycles. The van der Waals surface area contributed by atoms with Crippen LogP contribution in [-0.2, 0) is 13.0 Å². The van der Waals surface area contributed by atoms with E-state index in [1.807, 2.05) is 48.0 Å². The van der Waals surface area contributed by atoms with Crippen LogP contribution in [0.25, 0.3) is 11.2 Å². The zero-order valence-electron chi connectivity index (χ0n) is 12.3. The highest BCUT2D eigenvalue weighted by atomic mass is 35.5. The van der Waals surface area contributed by atoms with Gasteiger partial charge in [0.2, 0.25) is 0 Å². The number of benzene rings is 1. The molecule has 0 amide bonds. The summed E-state index contributed by atoms with van der Waals surface area (Å²) in [5.41, 5.74) is 3.93. The second-order valence-corrected chi connectivity index (χ2v) is 5.68. The van der Waals surface area contributed by atoms with E-state index in [4.69, 9.17) is 21.8 Å². The molecule has 4 nitrogen and oxygen atoms in total. The Balaban J connectivity index is 2.03. The van der Waals surface area contributed by atoms with Crippen molar-refractivity contribution >= 4 is 22.8 Å². The summed E-state index contributed by atoms with van der Waals surface area (Å²) in [6.07, 6.45) is 2.96. The van der Waals surface area contributed by atoms with Crippen LogP contribution in [0, 0.1) is 18.3 Å². The van der Waals surface area contributed by atoms with Crippen molar-refractivity contribution in [3.8, 4) is 6.07 Å². The van der Waals surface area contributed by atoms with E-state index in [0.29, 0.717) is 19.4 Å². The van der Waals surface area contributed by atoms with Gasteiger partial charge in [0.15, 0.2) is 5.65 Å². The number of hydrogen-bond acceptors (Lipinski definition) is 3. The van der Waals surface area contributed by atoms with Crippen molar-refractivity contribution in [2.45, 2.75) is 26.3 Å². The summed E-state index contributed by atoms with van der Waals surface area (Å²) in [4.78, 5) is 9.18. The third-order valence-electron chi connectivity index (χ3n) is 3.52. The highest BCUT2D eigenvalue weighted by Gasteiger charge is 2.12. The maximum absolute atomic E-state index is 8.87. The molecular formula is C17H15ClN4. The lowest BCUT2D eigenvalue weighted by Gasteiger charge is -2.06. The molecule has 0 bridgehead atoms. The molecule has 22 heavy (non-hydrogen) atoms. The fourth-order valence-electron chi connectivity index (χ4n) is 2.47. The Morgan fingerprint density at radius 1 is 1.27 bits per heavy atom. The molecule has 0 saturated carbocycles. The van der Waals surface area contributed by atoms with Crippen molar-refractivity contribution in [3.63, 3.8) is 0 Å². The van der Waals surface area contributed by atoms with E-state index in [-0.39, 0.29) is 0 Å². The quantitative estimate of drug-likeness (QED) is 0.734. The van der Waals surface area contributed by atoms with E-state index >= 15 is 0 Å². The molecular weight excluding hydrogens is 296 g/mol. The van der Waals surface area contributed by atoms with Gasteiger partial charge in [-0.3, -0.25) is 0 Å². The summed E-state index contributed by atoms with van der Waals surface area (Å²) in [5.74, 6) is 0.922. The zero-order chi connectivity index (χ0) is 15.5. The lowest BCUT2D eigenvalue weighted by Crippen LogP contribution is -2.05. The van der Waals surface area contributed by atoms with Crippen molar-refractivity contribution < 1.29 is 0 Å². The number of fused-ring (bicyclic) bond motifs is 1. The molecule has 0 aliphatic rings. The molecule has 2 heterocycles. The minimum atomic E-state index is 0.439. The number of nitriles is 1. The maximum Gasteiger partial charge on any atom is 0.160 e. The van der Waals surface area contributed by atoms with Gasteiger partial charge in [-0.05, 0) is 36.2 Å². The topological polar surface area (TPSA) is 54.5 Å². The van der Waals surface area contributed by atoms with Crippen molar-refractivity contribution in [2.24, 2.45) is 0 Å². The predicted molar refractivity (Wildman–Crippen MR) is 86.8 cm³/mol. The minimum absolute atomic E-state index is 0.439. The molecule has 0 atom stereocenters. The first kappa shape index (κ1) is 14.6. The van der Waals surface area contributed by atoms with Gasteiger partial charge in [0.1, 0.15) is 11.3 Å². The number of imidazole rings is 1. The Kier molecular flexibility index (Phi) is 4.08. The van der Waals surface area contributed by atoms with Gasteiger partial charge in [-0.2, -0.15) is 5.26 Å². The van der Waals surface area contributed by atoms with E-state index in [1.54, 1.807) is 0 Å². The lowest BCUT2D eigenvalue weighted by atomic mass is 10.1. The van der Waals surface area contributed by atoms with Crippen molar-refractivity contribution in [3.05, 3.63) is 58.5 Å². The second-order valence-electron chi connectivity index (χ2n) is 5.25. The van der Waals surface area contributed by atoms with Gasteiger partial charge < -0.3 is 4.57 Å². The van der Waals surface area contributed by atoms with Crippen LogP contribution in [0.15, 0.2) is 36.5 Å². The largest absolute Gasteiger partial charge is 0.311 e. The number of nitrogens with zero attached hydrogens (tertiary/aromatic N) is 4. The van der Waals surface area contributed by atoms with Gasteiger partial charge in [0.05, 0.1) is 12.5 Å². The smallest absolute Gasteiger partial charge is 0.160 e. The summed E-state index contributed by atoms with van der Waals surface area (Å²) >= 11 is 5.93. The summed E-state index contributed by atoms with van der Waals surface area (Å²) < 4.78 is 2.03. The Morgan fingerprint density at radius 3 is 2.77 bits per heavy atom. The molecule has 0 N–H and O–H groups in total. The number of rotatable bonds is 4. The van der Waals surface area contributed by atoms with E-state index in [9.17, 15) is 0 Å². The van der Waals surface area contributed by atoms with Gasteiger partial charge in [-0.15, -0.1) is 0 Å². The van der Waals surface area contributed by atoms with Crippen LogP contribution >= 0.6 is 11.6 Å². The first-order chi connectivity index (χ1) is 10.7. The van der Waals surface area contributed by atoms with Crippen LogP contribution in [-0.4, -0.2) is 14.5 Å². The molecule has 0 radical (unpaired) electrons. The van der Waals surface area contributed by atoms with Crippen LogP contribution in [0.4, 0.5) is 0 Å². The van der Waals surface area contributed by atoms with Crippen LogP contribution in [0.5, 0.6) is 0 Å². The second kappa shape index (κ2) is 6.17. The minimum Gasteiger partial charge on any atom is -0.311 e. The first-order valence-electron chi connectivity index (χ1n) is 7.10. The van der Waals surface area contributed by atoms with Gasteiger partial charge in [-0.1, -0.05) is 23.7 Å². The summed E-state index contributed by atoms with van der Waals surface area (Å²) in [6.45, 7) is 2.60. The van der Waals surface area contributed by atoms with Crippen molar-refractivity contribution in [2.75, 3.05) is 0 Å². The molecule has 0 spiro atoms. The number of hydrogen-bond donors (Lipinski definition) is 0. The lowest BCUT2D eigenvalue weighted by molar-refractivity contribution is 0.689. The third kappa shape index (κ3) is 2.95. The highest BCUT2D eigenvalue weighted by Crippen LogP contribution is 2.19. The van der Waals surface area contributed by atoms with Crippen LogP contribution in [0.2, 0.25) is 5.02 Å². The van der Waals surface area contributed by atoms with E-state index in [2.05, 4.69) is 11.1 Å². The Labute approximate surface area is 134 Å².